The van der Waals surface area contributed by atoms with Gasteiger partial charge in [0, 0.05) is 11.9 Å². The second-order valence-corrected chi connectivity index (χ2v) is 5.22. The number of rotatable bonds is 3. The minimum absolute atomic E-state index is 0.00625. The fraction of sp³-hybridized carbons (Fsp3) is 0.333. The molecule has 0 bridgehead atoms. The average molecular weight is 317 g/mol. The zero-order valence-electron chi connectivity index (χ0n) is 12.2. The van der Waals surface area contributed by atoms with Crippen LogP contribution in [0.2, 0.25) is 0 Å². The largest absolute Gasteiger partial charge is 0.479 e. The standard InChI is InChI=1S/C15H15N3O5/c19-12-7-16-18(11-4-2-1-3-10(11)12)9-14(20)17-5-6-23-13(8-17)15(21)22/h1-4,7,13H,5-6,8-9H2,(H,21,22)/t13-/m1/s1. The maximum atomic E-state index is 12.4. The molecule has 23 heavy (non-hydrogen) atoms. The van der Waals surface area contributed by atoms with E-state index < -0.39 is 12.1 Å². The van der Waals surface area contributed by atoms with Crippen LogP contribution in [0.25, 0.3) is 10.9 Å². The second-order valence-electron chi connectivity index (χ2n) is 5.22. The summed E-state index contributed by atoms with van der Waals surface area (Å²) >= 11 is 0. The van der Waals surface area contributed by atoms with Crippen molar-refractivity contribution < 1.29 is 19.4 Å². The van der Waals surface area contributed by atoms with Crippen LogP contribution in [-0.4, -0.2) is 57.5 Å². The predicted octanol–water partition coefficient (Wildman–Crippen LogP) is -0.291. The number of carboxylic acids is 1. The van der Waals surface area contributed by atoms with Crippen LogP contribution in [0.4, 0.5) is 0 Å². The van der Waals surface area contributed by atoms with Crippen molar-refractivity contribution in [2.75, 3.05) is 19.7 Å². The molecular formula is C15H15N3O5. The van der Waals surface area contributed by atoms with Crippen LogP contribution in [-0.2, 0) is 20.9 Å². The number of carbonyl (C=O) groups is 2. The van der Waals surface area contributed by atoms with Gasteiger partial charge in [-0.15, -0.1) is 0 Å². The number of hydrogen-bond donors (Lipinski definition) is 1. The normalized spacial score (nSPS) is 18.1. The summed E-state index contributed by atoms with van der Waals surface area (Å²) < 4.78 is 6.55. The summed E-state index contributed by atoms with van der Waals surface area (Å²) in [6.07, 6.45) is 0.168. The molecule has 8 nitrogen and oxygen atoms in total. The highest BCUT2D eigenvalue weighted by Gasteiger charge is 2.29. The van der Waals surface area contributed by atoms with Gasteiger partial charge >= 0.3 is 5.97 Å². The Morgan fingerprint density at radius 1 is 1.35 bits per heavy atom. The van der Waals surface area contributed by atoms with Crippen LogP contribution in [0.1, 0.15) is 0 Å². The van der Waals surface area contributed by atoms with Gasteiger partial charge in [0.05, 0.1) is 24.9 Å². The molecule has 8 heteroatoms. The fourth-order valence-electron chi connectivity index (χ4n) is 2.54. The summed E-state index contributed by atoms with van der Waals surface area (Å²) in [5.74, 6) is -1.35. The molecule has 1 fully saturated rings. The lowest BCUT2D eigenvalue weighted by molar-refractivity contribution is -0.159. The van der Waals surface area contributed by atoms with Crippen molar-refractivity contribution in [1.29, 1.82) is 0 Å². The monoisotopic (exact) mass is 317 g/mol. The molecule has 1 aromatic carbocycles. The van der Waals surface area contributed by atoms with E-state index in [-0.39, 0.29) is 31.0 Å². The van der Waals surface area contributed by atoms with Gasteiger partial charge in [0.1, 0.15) is 6.54 Å². The third kappa shape index (κ3) is 3.07. The lowest BCUT2D eigenvalue weighted by atomic mass is 10.2. The zero-order chi connectivity index (χ0) is 16.4. The molecule has 0 unspecified atom stereocenters. The fourth-order valence-corrected chi connectivity index (χ4v) is 2.54. The molecule has 1 aliphatic rings. The van der Waals surface area contributed by atoms with Crippen molar-refractivity contribution >= 4 is 22.8 Å². The van der Waals surface area contributed by atoms with E-state index in [0.29, 0.717) is 17.4 Å². The Bertz CT molecular complexity index is 816. The van der Waals surface area contributed by atoms with Crippen LogP contribution in [0, 0.1) is 0 Å². The number of carbonyl (C=O) groups excluding carboxylic acids is 1. The van der Waals surface area contributed by atoms with Crippen molar-refractivity contribution in [3.63, 3.8) is 0 Å². The van der Waals surface area contributed by atoms with Crippen LogP contribution >= 0.6 is 0 Å². The first-order chi connectivity index (χ1) is 11.1. The summed E-state index contributed by atoms with van der Waals surface area (Å²) in [7, 11) is 0. The maximum Gasteiger partial charge on any atom is 0.334 e. The molecule has 2 aromatic rings. The molecule has 1 saturated heterocycles. The number of aliphatic carboxylic acids is 1. The van der Waals surface area contributed by atoms with Gasteiger partial charge in [-0.25, -0.2) is 4.79 Å². The first kappa shape index (κ1) is 15.2. The Balaban J connectivity index is 1.82. The SMILES string of the molecule is O=C(O)[C@H]1CN(C(=O)Cn2ncc(=O)c3ccccc32)CCO1. The minimum Gasteiger partial charge on any atom is -0.479 e. The summed E-state index contributed by atoms with van der Waals surface area (Å²) in [5, 5.41) is 13.5. The molecule has 120 valence electrons. The number of para-hydroxylation sites is 1. The molecule has 0 aliphatic carbocycles. The number of aromatic nitrogens is 2. The summed E-state index contributed by atoms with van der Waals surface area (Å²) in [4.78, 5) is 36.6. The number of ether oxygens (including phenoxy) is 1. The Labute approximate surface area is 130 Å². The molecule has 3 rings (SSSR count). The van der Waals surface area contributed by atoms with Gasteiger partial charge in [0.15, 0.2) is 6.10 Å². The number of fused-ring (bicyclic) bond motifs is 1. The van der Waals surface area contributed by atoms with E-state index in [1.807, 2.05) is 0 Å². The molecule has 1 aromatic heterocycles. The Hall–Kier alpha value is -2.74. The van der Waals surface area contributed by atoms with Crippen molar-refractivity contribution in [2.45, 2.75) is 12.6 Å². The summed E-state index contributed by atoms with van der Waals surface area (Å²) in [5.41, 5.74) is 0.359. The van der Waals surface area contributed by atoms with Crippen LogP contribution in [0.5, 0.6) is 0 Å². The topological polar surface area (TPSA) is 102 Å². The van der Waals surface area contributed by atoms with Crippen molar-refractivity contribution in [2.24, 2.45) is 0 Å². The molecule has 1 aliphatic heterocycles. The number of nitrogens with zero attached hydrogens (tertiary/aromatic N) is 3. The molecule has 2 heterocycles. The highest BCUT2D eigenvalue weighted by Crippen LogP contribution is 2.10. The van der Waals surface area contributed by atoms with E-state index in [1.54, 1.807) is 24.3 Å². The smallest absolute Gasteiger partial charge is 0.334 e. The van der Waals surface area contributed by atoms with E-state index in [1.165, 1.54) is 15.8 Å². The summed E-state index contributed by atoms with van der Waals surface area (Å²) in [6.45, 7) is 0.460. The molecule has 1 amide bonds. The highest BCUT2D eigenvalue weighted by molar-refractivity contribution is 5.82. The lowest BCUT2D eigenvalue weighted by Gasteiger charge is -2.31. The molecule has 1 atom stereocenters. The number of amides is 1. The second kappa shape index (κ2) is 6.17. The third-order valence-electron chi connectivity index (χ3n) is 3.74. The van der Waals surface area contributed by atoms with Gasteiger partial charge in [0.2, 0.25) is 11.3 Å². The number of hydrogen-bond acceptors (Lipinski definition) is 5. The highest BCUT2D eigenvalue weighted by atomic mass is 16.5. The van der Waals surface area contributed by atoms with Crippen molar-refractivity contribution in [3.8, 4) is 0 Å². The molecule has 0 spiro atoms. The van der Waals surface area contributed by atoms with Gasteiger partial charge in [-0.3, -0.25) is 14.3 Å². The lowest BCUT2D eigenvalue weighted by Crippen LogP contribution is -2.49. The van der Waals surface area contributed by atoms with Gasteiger partial charge in [-0.2, -0.15) is 5.10 Å². The van der Waals surface area contributed by atoms with E-state index >= 15 is 0 Å². The van der Waals surface area contributed by atoms with Crippen molar-refractivity contribution in [1.82, 2.24) is 14.7 Å². The van der Waals surface area contributed by atoms with Gasteiger partial charge in [-0.05, 0) is 12.1 Å². The van der Waals surface area contributed by atoms with E-state index in [9.17, 15) is 14.4 Å². The Morgan fingerprint density at radius 3 is 2.91 bits per heavy atom. The Kier molecular flexibility index (Phi) is 4.07. The van der Waals surface area contributed by atoms with Crippen LogP contribution in [0.15, 0.2) is 35.3 Å². The summed E-state index contributed by atoms with van der Waals surface area (Å²) in [6, 6.07) is 6.90. The zero-order valence-corrected chi connectivity index (χ0v) is 12.2. The van der Waals surface area contributed by atoms with E-state index in [0.717, 1.165) is 0 Å². The quantitative estimate of drug-likeness (QED) is 0.834. The molecule has 1 N–H and O–H groups in total. The van der Waals surface area contributed by atoms with Crippen LogP contribution < -0.4 is 5.43 Å². The van der Waals surface area contributed by atoms with Crippen LogP contribution in [0.3, 0.4) is 0 Å². The number of carboxylic acid groups (broad SMARTS) is 1. The number of morpholine rings is 1. The van der Waals surface area contributed by atoms with E-state index in [2.05, 4.69) is 5.10 Å². The Morgan fingerprint density at radius 2 is 2.13 bits per heavy atom. The molecular weight excluding hydrogens is 302 g/mol. The third-order valence-corrected chi connectivity index (χ3v) is 3.74. The van der Waals surface area contributed by atoms with Crippen molar-refractivity contribution in [3.05, 3.63) is 40.7 Å². The van der Waals surface area contributed by atoms with Gasteiger partial charge < -0.3 is 14.7 Å². The maximum absolute atomic E-state index is 12.4. The average Bonchev–Trinajstić information content (AvgIpc) is 2.57. The first-order valence-electron chi connectivity index (χ1n) is 7.13. The van der Waals surface area contributed by atoms with Gasteiger partial charge in [0.25, 0.3) is 0 Å². The predicted molar refractivity (Wildman–Crippen MR) is 80.0 cm³/mol. The van der Waals surface area contributed by atoms with E-state index in [4.69, 9.17) is 9.84 Å². The molecule has 0 saturated carbocycles. The number of benzene rings is 1. The minimum atomic E-state index is -1.09. The molecule has 0 radical (unpaired) electrons. The first-order valence-corrected chi connectivity index (χ1v) is 7.13. The van der Waals surface area contributed by atoms with Gasteiger partial charge in [-0.1, -0.05) is 12.1 Å².